The van der Waals surface area contributed by atoms with Gasteiger partial charge in [0, 0.05) is 12.6 Å². The first kappa shape index (κ1) is 16.8. The predicted molar refractivity (Wildman–Crippen MR) is 75.5 cm³/mol. The minimum absolute atomic E-state index is 0.102. The first-order chi connectivity index (χ1) is 9.60. The van der Waals surface area contributed by atoms with Crippen LogP contribution in [-0.2, 0) is 4.79 Å². The lowest BCUT2D eigenvalue weighted by Crippen LogP contribution is -2.52. The zero-order valence-electron chi connectivity index (χ0n) is 12.2. The Morgan fingerprint density at radius 1 is 1.30 bits per heavy atom. The van der Waals surface area contributed by atoms with Gasteiger partial charge in [-0.2, -0.15) is 0 Å². The van der Waals surface area contributed by atoms with Gasteiger partial charge in [0.05, 0.1) is 6.61 Å². The van der Waals surface area contributed by atoms with Gasteiger partial charge in [0.2, 0.25) is 0 Å². The molecule has 1 aliphatic rings. The second kappa shape index (κ2) is 8.79. The molecule has 1 fully saturated rings. The highest BCUT2D eigenvalue weighted by Gasteiger charge is 2.28. The molecule has 3 N–H and O–H groups in total. The number of nitrogens with one attached hydrogen (secondary N) is 1. The normalized spacial score (nSPS) is 17.5. The number of aliphatic hydroxyl groups excluding tert-OH is 1. The van der Waals surface area contributed by atoms with Gasteiger partial charge in [0.25, 0.3) is 0 Å². The van der Waals surface area contributed by atoms with Crippen molar-refractivity contribution < 1.29 is 19.8 Å². The fourth-order valence-electron chi connectivity index (χ4n) is 2.73. The van der Waals surface area contributed by atoms with Crippen LogP contribution < -0.4 is 5.32 Å². The number of rotatable bonds is 7. The summed E-state index contributed by atoms with van der Waals surface area (Å²) in [6, 6.07) is -1.10. The first-order valence-corrected chi connectivity index (χ1v) is 7.51. The summed E-state index contributed by atoms with van der Waals surface area (Å²) < 4.78 is 0. The van der Waals surface area contributed by atoms with E-state index in [0.717, 1.165) is 25.7 Å². The largest absolute Gasteiger partial charge is 0.480 e. The van der Waals surface area contributed by atoms with Crippen LogP contribution in [0.2, 0.25) is 0 Å². The summed E-state index contributed by atoms with van der Waals surface area (Å²) in [5.74, 6) is -1.01. The predicted octanol–water partition coefficient (Wildman–Crippen LogP) is 1.58. The molecule has 6 nitrogen and oxygen atoms in total. The van der Waals surface area contributed by atoms with Crippen molar-refractivity contribution >= 4 is 12.0 Å². The van der Waals surface area contributed by atoms with Crippen LogP contribution in [0.5, 0.6) is 0 Å². The fraction of sp³-hybridized carbons (Fsp3) is 0.857. The minimum atomic E-state index is -1.01. The Hall–Kier alpha value is -1.30. The number of hydrogen-bond acceptors (Lipinski definition) is 3. The molecule has 2 amide bonds. The molecule has 1 aliphatic carbocycles. The average molecular weight is 286 g/mol. The average Bonchev–Trinajstić information content (AvgIpc) is 2.45. The van der Waals surface area contributed by atoms with E-state index in [-0.39, 0.29) is 25.2 Å². The Morgan fingerprint density at radius 3 is 2.45 bits per heavy atom. The Labute approximate surface area is 120 Å². The van der Waals surface area contributed by atoms with E-state index >= 15 is 0 Å². The number of nitrogens with zero attached hydrogens (tertiary/aromatic N) is 1. The van der Waals surface area contributed by atoms with Crippen molar-refractivity contribution in [3.63, 3.8) is 0 Å². The molecule has 1 saturated carbocycles. The Bertz CT molecular complexity index is 316. The second-order valence-electron chi connectivity index (χ2n) is 5.34. The SMILES string of the molecule is CCCC(NC(=O)N(CCO)C1CCCCC1)C(=O)O. The molecule has 6 heteroatoms. The van der Waals surface area contributed by atoms with Crippen LogP contribution in [0.3, 0.4) is 0 Å². The molecule has 20 heavy (non-hydrogen) atoms. The van der Waals surface area contributed by atoms with Gasteiger partial charge in [-0.05, 0) is 19.3 Å². The highest BCUT2D eigenvalue weighted by Crippen LogP contribution is 2.22. The van der Waals surface area contributed by atoms with E-state index in [0.29, 0.717) is 12.8 Å². The number of aliphatic carboxylic acids is 1. The van der Waals surface area contributed by atoms with Gasteiger partial charge in [0.1, 0.15) is 6.04 Å². The molecule has 1 rings (SSSR count). The van der Waals surface area contributed by atoms with Gasteiger partial charge < -0.3 is 20.4 Å². The van der Waals surface area contributed by atoms with Crippen molar-refractivity contribution in [1.29, 1.82) is 0 Å². The maximum atomic E-state index is 12.3. The van der Waals surface area contributed by atoms with Gasteiger partial charge >= 0.3 is 12.0 Å². The topological polar surface area (TPSA) is 89.9 Å². The van der Waals surface area contributed by atoms with Crippen molar-refractivity contribution in [1.82, 2.24) is 10.2 Å². The van der Waals surface area contributed by atoms with E-state index in [2.05, 4.69) is 5.32 Å². The van der Waals surface area contributed by atoms with Gasteiger partial charge in [-0.15, -0.1) is 0 Å². The van der Waals surface area contributed by atoms with Gasteiger partial charge in [0.15, 0.2) is 0 Å². The van der Waals surface area contributed by atoms with E-state index in [1.54, 1.807) is 4.90 Å². The molecule has 0 heterocycles. The Balaban J connectivity index is 2.64. The molecular weight excluding hydrogens is 260 g/mol. The molecule has 0 spiro atoms. The number of carbonyl (C=O) groups is 2. The van der Waals surface area contributed by atoms with Crippen molar-refractivity contribution in [3.05, 3.63) is 0 Å². The van der Waals surface area contributed by atoms with Crippen molar-refractivity contribution in [2.45, 2.75) is 64.0 Å². The van der Waals surface area contributed by atoms with Crippen molar-refractivity contribution in [2.24, 2.45) is 0 Å². The Morgan fingerprint density at radius 2 is 1.95 bits per heavy atom. The lowest BCUT2D eigenvalue weighted by Gasteiger charge is -2.34. The number of carboxylic acid groups (broad SMARTS) is 1. The highest BCUT2D eigenvalue weighted by atomic mass is 16.4. The van der Waals surface area contributed by atoms with E-state index in [1.807, 2.05) is 6.92 Å². The van der Waals surface area contributed by atoms with Crippen LogP contribution in [0.25, 0.3) is 0 Å². The number of aliphatic hydroxyl groups is 1. The molecule has 0 aromatic rings. The van der Waals surface area contributed by atoms with Gasteiger partial charge in [-0.3, -0.25) is 0 Å². The van der Waals surface area contributed by atoms with Crippen LogP contribution in [0, 0.1) is 0 Å². The lowest BCUT2D eigenvalue weighted by molar-refractivity contribution is -0.139. The second-order valence-corrected chi connectivity index (χ2v) is 5.34. The zero-order chi connectivity index (χ0) is 15.0. The standard InChI is InChI=1S/C14H26N2O4/c1-2-6-12(13(18)19)15-14(20)16(9-10-17)11-7-4-3-5-8-11/h11-12,17H,2-10H2,1H3,(H,15,20)(H,18,19). The summed E-state index contributed by atoms with van der Waals surface area (Å²) in [5, 5.41) is 20.8. The van der Waals surface area contributed by atoms with Crippen LogP contribution in [0.4, 0.5) is 4.79 Å². The molecule has 0 aliphatic heterocycles. The zero-order valence-corrected chi connectivity index (χ0v) is 12.2. The minimum Gasteiger partial charge on any atom is -0.480 e. The monoisotopic (exact) mass is 286 g/mol. The van der Waals surface area contributed by atoms with Crippen LogP contribution in [-0.4, -0.2) is 52.3 Å². The van der Waals surface area contributed by atoms with Gasteiger partial charge in [-0.1, -0.05) is 32.6 Å². The number of hydrogen-bond donors (Lipinski definition) is 3. The van der Waals surface area contributed by atoms with E-state index in [9.17, 15) is 9.59 Å². The fourth-order valence-corrected chi connectivity index (χ4v) is 2.73. The molecule has 1 atom stereocenters. The Kier molecular flexibility index (Phi) is 7.36. The maximum absolute atomic E-state index is 12.3. The quantitative estimate of drug-likeness (QED) is 0.662. The molecule has 0 bridgehead atoms. The van der Waals surface area contributed by atoms with E-state index in [4.69, 9.17) is 10.2 Å². The third-order valence-corrected chi connectivity index (χ3v) is 3.79. The molecule has 0 aromatic carbocycles. The summed E-state index contributed by atoms with van der Waals surface area (Å²) in [4.78, 5) is 25.0. The summed E-state index contributed by atoms with van der Waals surface area (Å²) >= 11 is 0. The van der Waals surface area contributed by atoms with E-state index < -0.39 is 12.0 Å². The molecule has 1 unspecified atom stereocenters. The first-order valence-electron chi connectivity index (χ1n) is 7.51. The summed E-state index contributed by atoms with van der Waals surface area (Å²) in [5.41, 5.74) is 0. The third-order valence-electron chi connectivity index (χ3n) is 3.79. The molecule has 116 valence electrons. The van der Waals surface area contributed by atoms with Crippen LogP contribution in [0.15, 0.2) is 0 Å². The van der Waals surface area contributed by atoms with Crippen LogP contribution in [0.1, 0.15) is 51.9 Å². The summed E-state index contributed by atoms with van der Waals surface area (Å²) in [6.45, 7) is 2.04. The molecule has 0 aromatic heterocycles. The third kappa shape index (κ3) is 5.00. The van der Waals surface area contributed by atoms with Crippen LogP contribution >= 0.6 is 0 Å². The summed E-state index contributed by atoms with van der Waals surface area (Å²) in [7, 11) is 0. The molecular formula is C14H26N2O4. The number of amides is 2. The number of urea groups is 1. The summed E-state index contributed by atoms with van der Waals surface area (Å²) in [6.07, 6.45) is 6.31. The number of carbonyl (C=O) groups excluding carboxylic acids is 1. The van der Waals surface area contributed by atoms with Gasteiger partial charge in [-0.25, -0.2) is 9.59 Å². The maximum Gasteiger partial charge on any atom is 0.326 e. The van der Waals surface area contributed by atoms with Crippen molar-refractivity contribution in [3.8, 4) is 0 Å². The van der Waals surface area contributed by atoms with Crippen molar-refractivity contribution in [2.75, 3.05) is 13.2 Å². The molecule has 0 saturated heterocycles. The molecule has 0 radical (unpaired) electrons. The lowest BCUT2D eigenvalue weighted by atomic mass is 9.94. The van der Waals surface area contributed by atoms with E-state index in [1.165, 1.54) is 6.42 Å². The number of carboxylic acids is 1. The highest BCUT2D eigenvalue weighted by molar-refractivity contribution is 5.82. The smallest absolute Gasteiger partial charge is 0.326 e.